The van der Waals surface area contributed by atoms with Crippen LogP contribution in [0.1, 0.15) is 68.4 Å². The third-order valence-corrected chi connectivity index (χ3v) is 7.71. The van der Waals surface area contributed by atoms with Gasteiger partial charge in [-0.1, -0.05) is 89.1 Å². The Morgan fingerprint density at radius 3 is 1.55 bits per heavy atom. The SMILES string of the molecule is CC.CCCc1ccc(C(O)(c2ccc(CCC)cc2)c2ccsc2-c2sccc2O)cc1. The lowest BCUT2D eigenvalue weighted by Crippen LogP contribution is -2.29. The van der Waals surface area contributed by atoms with E-state index in [4.69, 9.17) is 0 Å². The first-order valence-electron chi connectivity index (χ1n) is 11.8. The minimum absolute atomic E-state index is 0.257. The van der Waals surface area contributed by atoms with Crippen molar-refractivity contribution in [2.45, 2.75) is 59.0 Å². The van der Waals surface area contributed by atoms with Crippen molar-refractivity contribution in [1.82, 2.24) is 0 Å². The van der Waals surface area contributed by atoms with Crippen LogP contribution in [0.3, 0.4) is 0 Å². The second kappa shape index (κ2) is 11.6. The van der Waals surface area contributed by atoms with Crippen LogP contribution in [0, 0.1) is 0 Å². The molecule has 4 heteroatoms. The first-order chi connectivity index (χ1) is 16.1. The van der Waals surface area contributed by atoms with E-state index >= 15 is 0 Å². The quantitative estimate of drug-likeness (QED) is 0.267. The van der Waals surface area contributed by atoms with Crippen LogP contribution in [0.2, 0.25) is 0 Å². The van der Waals surface area contributed by atoms with Gasteiger partial charge in [0.05, 0.1) is 9.75 Å². The van der Waals surface area contributed by atoms with Crippen molar-refractivity contribution in [3.8, 4) is 15.5 Å². The number of benzene rings is 2. The molecule has 0 aliphatic heterocycles. The van der Waals surface area contributed by atoms with Crippen molar-refractivity contribution in [3.63, 3.8) is 0 Å². The number of rotatable bonds is 8. The van der Waals surface area contributed by atoms with E-state index in [1.54, 1.807) is 17.4 Å². The Hall–Kier alpha value is -2.40. The fourth-order valence-corrected chi connectivity index (χ4v) is 6.04. The van der Waals surface area contributed by atoms with Crippen LogP contribution in [0.15, 0.2) is 71.4 Å². The van der Waals surface area contributed by atoms with Crippen LogP contribution < -0.4 is 0 Å². The van der Waals surface area contributed by atoms with Crippen LogP contribution in [0.25, 0.3) is 9.75 Å². The Balaban J connectivity index is 0.00000149. The normalized spacial score (nSPS) is 11.2. The van der Waals surface area contributed by atoms with Gasteiger partial charge in [-0.15, -0.1) is 22.7 Å². The number of hydrogen-bond acceptors (Lipinski definition) is 4. The second-order valence-corrected chi connectivity index (χ2v) is 9.73. The lowest BCUT2D eigenvalue weighted by Gasteiger charge is -2.30. The molecule has 2 N–H and O–H groups in total. The van der Waals surface area contributed by atoms with E-state index in [0.717, 1.165) is 52.1 Å². The summed E-state index contributed by atoms with van der Waals surface area (Å²) in [6.45, 7) is 8.35. The van der Waals surface area contributed by atoms with Gasteiger partial charge in [0.25, 0.3) is 0 Å². The summed E-state index contributed by atoms with van der Waals surface area (Å²) in [5.41, 5.74) is 3.72. The molecule has 2 aromatic carbocycles. The number of aromatic hydroxyl groups is 1. The van der Waals surface area contributed by atoms with E-state index in [9.17, 15) is 10.2 Å². The van der Waals surface area contributed by atoms with E-state index in [2.05, 4.69) is 38.1 Å². The molecule has 0 aliphatic carbocycles. The van der Waals surface area contributed by atoms with Gasteiger partial charge in [-0.25, -0.2) is 0 Å². The highest BCUT2D eigenvalue weighted by molar-refractivity contribution is 7.20. The van der Waals surface area contributed by atoms with Gasteiger partial charge in [-0.3, -0.25) is 0 Å². The highest BCUT2D eigenvalue weighted by Crippen LogP contribution is 2.47. The van der Waals surface area contributed by atoms with Crippen LogP contribution >= 0.6 is 22.7 Å². The third-order valence-electron chi connectivity index (χ3n) is 5.73. The van der Waals surface area contributed by atoms with Gasteiger partial charge in [0, 0.05) is 5.56 Å². The van der Waals surface area contributed by atoms with Crippen molar-refractivity contribution < 1.29 is 10.2 Å². The van der Waals surface area contributed by atoms with Gasteiger partial charge in [-0.2, -0.15) is 0 Å². The highest BCUT2D eigenvalue weighted by atomic mass is 32.1. The summed E-state index contributed by atoms with van der Waals surface area (Å²) in [4.78, 5) is 1.71. The van der Waals surface area contributed by atoms with E-state index < -0.39 is 5.60 Å². The number of thiophene rings is 2. The zero-order chi connectivity index (χ0) is 23.8. The fourth-order valence-electron chi connectivity index (χ4n) is 4.12. The molecule has 2 aromatic heterocycles. The van der Waals surface area contributed by atoms with E-state index in [0.29, 0.717) is 0 Å². The molecule has 33 heavy (non-hydrogen) atoms. The lowest BCUT2D eigenvalue weighted by atomic mass is 9.79. The summed E-state index contributed by atoms with van der Waals surface area (Å²) < 4.78 is 0. The lowest BCUT2D eigenvalue weighted by molar-refractivity contribution is 0.126. The van der Waals surface area contributed by atoms with E-state index in [1.807, 2.05) is 54.9 Å². The molecule has 4 rings (SSSR count). The molecule has 0 atom stereocenters. The molecule has 0 spiro atoms. The highest BCUT2D eigenvalue weighted by Gasteiger charge is 2.37. The summed E-state index contributed by atoms with van der Waals surface area (Å²) in [7, 11) is 0. The van der Waals surface area contributed by atoms with Crippen molar-refractivity contribution in [2.24, 2.45) is 0 Å². The molecule has 0 aliphatic rings. The molecule has 0 bridgehead atoms. The Kier molecular flexibility index (Phi) is 8.90. The molecule has 0 saturated heterocycles. The average molecular weight is 479 g/mol. The molecular formula is C29H34O2S2. The maximum atomic E-state index is 12.4. The molecule has 0 unspecified atom stereocenters. The van der Waals surface area contributed by atoms with Crippen LogP contribution in [-0.2, 0) is 18.4 Å². The number of aryl methyl sites for hydroxylation is 2. The summed E-state index contributed by atoms with van der Waals surface area (Å²) in [6.07, 6.45) is 4.23. The molecule has 0 radical (unpaired) electrons. The Bertz CT molecular complexity index is 1070. The molecule has 174 valence electrons. The van der Waals surface area contributed by atoms with Crippen LogP contribution in [-0.4, -0.2) is 10.2 Å². The summed E-state index contributed by atoms with van der Waals surface area (Å²) in [5.74, 6) is 0.257. The van der Waals surface area contributed by atoms with Gasteiger partial charge in [0.2, 0.25) is 0 Å². The molecule has 2 heterocycles. The predicted octanol–water partition coefficient (Wildman–Crippen LogP) is 8.40. The van der Waals surface area contributed by atoms with Crippen molar-refractivity contribution in [3.05, 3.63) is 99.2 Å². The van der Waals surface area contributed by atoms with Crippen molar-refractivity contribution >= 4 is 22.7 Å². The molecule has 0 saturated carbocycles. The summed E-state index contributed by atoms with van der Waals surface area (Å²) in [6, 6.07) is 20.3. The third kappa shape index (κ3) is 5.24. The Morgan fingerprint density at radius 2 is 1.12 bits per heavy atom. The topological polar surface area (TPSA) is 40.5 Å². The minimum atomic E-state index is -1.30. The smallest absolute Gasteiger partial charge is 0.142 e. The van der Waals surface area contributed by atoms with Crippen LogP contribution in [0.5, 0.6) is 5.75 Å². The standard InChI is InChI=1S/C27H28O2S2.C2H6/c1-3-5-19-7-11-21(12-8-19)27(29,22-13-9-20(6-4-2)10-14-22)23-15-17-30-25(23)26-24(28)16-18-31-26;1-2/h7-18,28-29H,3-6H2,1-2H3;1-2H3. The first-order valence-corrected chi connectivity index (χ1v) is 13.6. The molecule has 0 amide bonds. The molecule has 4 aromatic rings. The largest absolute Gasteiger partial charge is 0.506 e. The Morgan fingerprint density at radius 1 is 0.667 bits per heavy atom. The number of aliphatic hydroxyl groups is 1. The molecular weight excluding hydrogens is 444 g/mol. The zero-order valence-electron chi connectivity index (χ0n) is 20.0. The monoisotopic (exact) mass is 478 g/mol. The summed E-state index contributed by atoms with van der Waals surface area (Å²) >= 11 is 3.05. The molecule has 0 fully saturated rings. The van der Waals surface area contributed by atoms with Gasteiger partial charge in [0.15, 0.2) is 0 Å². The number of hydrogen-bond donors (Lipinski definition) is 2. The van der Waals surface area contributed by atoms with Gasteiger partial charge < -0.3 is 10.2 Å². The van der Waals surface area contributed by atoms with Gasteiger partial charge in [0.1, 0.15) is 11.4 Å². The second-order valence-electron chi connectivity index (χ2n) is 7.90. The molecule has 2 nitrogen and oxygen atoms in total. The Labute approximate surface area is 206 Å². The van der Waals surface area contributed by atoms with Gasteiger partial charge in [-0.05, 0) is 58.0 Å². The predicted molar refractivity (Wildman–Crippen MR) is 144 cm³/mol. The zero-order valence-corrected chi connectivity index (χ0v) is 21.6. The van der Waals surface area contributed by atoms with Crippen molar-refractivity contribution in [2.75, 3.05) is 0 Å². The average Bonchev–Trinajstić information content (AvgIpc) is 3.50. The maximum Gasteiger partial charge on any atom is 0.142 e. The maximum absolute atomic E-state index is 12.4. The van der Waals surface area contributed by atoms with Crippen molar-refractivity contribution in [1.29, 1.82) is 0 Å². The van der Waals surface area contributed by atoms with Crippen LogP contribution in [0.4, 0.5) is 0 Å². The minimum Gasteiger partial charge on any atom is -0.506 e. The van der Waals surface area contributed by atoms with E-state index in [-0.39, 0.29) is 5.75 Å². The fraction of sp³-hybridized carbons (Fsp3) is 0.310. The van der Waals surface area contributed by atoms with E-state index in [1.165, 1.54) is 22.5 Å². The van der Waals surface area contributed by atoms with Gasteiger partial charge >= 0.3 is 0 Å². The summed E-state index contributed by atoms with van der Waals surface area (Å²) in [5, 5.41) is 26.6. The first kappa shape index (κ1) is 25.2.